The number of nitrogen functional groups attached to an aromatic ring is 2. The minimum atomic E-state index is -0.145. The van der Waals surface area contributed by atoms with Crippen molar-refractivity contribution in [1.29, 1.82) is 0 Å². The van der Waals surface area contributed by atoms with E-state index in [1.807, 2.05) is 27.7 Å². The van der Waals surface area contributed by atoms with Crippen LogP contribution in [0, 0.1) is 51.4 Å². The number of benzene rings is 2. The van der Waals surface area contributed by atoms with Gasteiger partial charge in [0.05, 0.1) is 0 Å². The van der Waals surface area contributed by atoms with Crippen LogP contribution >= 0.6 is 0 Å². The predicted molar refractivity (Wildman–Crippen MR) is 153 cm³/mol. The topological polar surface area (TPSA) is 86.2 Å². The number of hydrogen-bond acceptors (Lipinski definition) is 4. The van der Waals surface area contributed by atoms with E-state index in [9.17, 15) is 9.59 Å². The Balaban J connectivity index is 1.50. The van der Waals surface area contributed by atoms with E-state index in [1.54, 1.807) is 0 Å². The molecule has 0 saturated carbocycles. The van der Waals surface area contributed by atoms with Gasteiger partial charge in [0, 0.05) is 29.6 Å². The molecule has 0 radical (unpaired) electrons. The zero-order chi connectivity index (χ0) is 27.0. The van der Waals surface area contributed by atoms with Crippen molar-refractivity contribution < 1.29 is 9.59 Å². The lowest BCUT2D eigenvalue weighted by Gasteiger charge is -2.30. The number of ketones is 2. The fraction of sp³-hybridized carbons (Fsp3) is 0.455. The predicted octanol–water partition coefficient (Wildman–Crippen LogP) is 6.56. The minimum Gasteiger partial charge on any atom is -0.398 e. The first kappa shape index (κ1) is 26.9. The molecule has 0 aromatic heterocycles. The van der Waals surface area contributed by atoms with Gasteiger partial charge in [-0.1, -0.05) is 50.3 Å². The van der Waals surface area contributed by atoms with Crippen molar-refractivity contribution in [3.05, 3.63) is 80.9 Å². The third kappa shape index (κ3) is 5.89. The average molecular weight is 499 g/mol. The summed E-state index contributed by atoms with van der Waals surface area (Å²) in [7, 11) is 0. The number of carbonyl (C=O) groups is 2. The number of rotatable bonds is 6. The third-order valence-corrected chi connectivity index (χ3v) is 8.31. The number of hydrogen-bond donors (Lipinski definition) is 2. The normalized spacial score (nSPS) is 24.2. The van der Waals surface area contributed by atoms with Gasteiger partial charge in [0.25, 0.3) is 0 Å². The highest BCUT2D eigenvalue weighted by Crippen LogP contribution is 2.36. The van der Waals surface area contributed by atoms with Crippen LogP contribution in [0.5, 0.6) is 0 Å². The van der Waals surface area contributed by atoms with E-state index in [0.717, 1.165) is 75.2 Å². The summed E-state index contributed by atoms with van der Waals surface area (Å²) in [4.78, 5) is 27.2. The van der Waals surface area contributed by atoms with Gasteiger partial charge in [-0.25, -0.2) is 0 Å². The highest BCUT2D eigenvalue weighted by molar-refractivity contribution is 6.02. The number of nitrogens with two attached hydrogens (primary N) is 2. The van der Waals surface area contributed by atoms with Crippen molar-refractivity contribution in [2.45, 2.75) is 73.6 Å². The van der Waals surface area contributed by atoms with Gasteiger partial charge in [0.1, 0.15) is 0 Å². The summed E-state index contributed by atoms with van der Waals surface area (Å²) in [6.45, 7) is 12.4. The summed E-state index contributed by atoms with van der Waals surface area (Å²) in [6, 6.07) is 8.40. The summed E-state index contributed by atoms with van der Waals surface area (Å²) in [5.74, 6) is 0.838. The third-order valence-electron chi connectivity index (χ3n) is 8.31. The Hall–Kier alpha value is -3.14. The summed E-state index contributed by atoms with van der Waals surface area (Å²) >= 11 is 0. The molecular formula is C33H42N2O2. The molecule has 0 fully saturated rings. The fourth-order valence-corrected chi connectivity index (χ4v) is 6.41. The van der Waals surface area contributed by atoms with Crippen molar-refractivity contribution >= 4 is 22.9 Å². The molecule has 0 heterocycles. The number of carbonyl (C=O) groups excluding carboxylic acids is 2. The Kier molecular flexibility index (Phi) is 7.77. The van der Waals surface area contributed by atoms with Crippen LogP contribution in [-0.4, -0.2) is 11.6 Å². The summed E-state index contributed by atoms with van der Waals surface area (Å²) in [6.07, 6.45) is 7.78. The largest absolute Gasteiger partial charge is 0.398 e. The fourth-order valence-electron chi connectivity index (χ4n) is 6.41. The van der Waals surface area contributed by atoms with Crippen molar-refractivity contribution in [2.75, 3.05) is 11.5 Å². The Bertz CT molecular complexity index is 1250. The molecule has 0 spiro atoms. The van der Waals surface area contributed by atoms with Crippen LogP contribution in [0.4, 0.5) is 11.4 Å². The zero-order valence-corrected chi connectivity index (χ0v) is 23.3. The highest BCUT2D eigenvalue weighted by atomic mass is 16.1. The first-order valence-corrected chi connectivity index (χ1v) is 13.6. The molecule has 0 bridgehead atoms. The molecule has 196 valence electrons. The minimum absolute atomic E-state index is 0.0516. The Morgan fingerprint density at radius 2 is 1.05 bits per heavy atom. The van der Waals surface area contributed by atoms with Gasteiger partial charge in [0.15, 0.2) is 11.6 Å². The van der Waals surface area contributed by atoms with Crippen LogP contribution in [0.1, 0.15) is 66.5 Å². The molecule has 2 aromatic carbocycles. The lowest BCUT2D eigenvalue weighted by molar-refractivity contribution is -0.121. The second-order valence-electron chi connectivity index (χ2n) is 11.8. The maximum Gasteiger partial charge on any atom is 0.162 e. The first-order valence-electron chi connectivity index (χ1n) is 13.6. The smallest absolute Gasteiger partial charge is 0.162 e. The van der Waals surface area contributed by atoms with Gasteiger partial charge >= 0.3 is 0 Å². The van der Waals surface area contributed by atoms with E-state index < -0.39 is 0 Å². The average Bonchev–Trinajstić information content (AvgIpc) is 2.81. The Morgan fingerprint density at radius 1 is 0.649 bits per heavy atom. The molecule has 0 amide bonds. The molecule has 4 unspecified atom stereocenters. The van der Waals surface area contributed by atoms with Crippen LogP contribution in [0.25, 0.3) is 0 Å². The van der Waals surface area contributed by atoms with Crippen LogP contribution in [0.15, 0.2) is 47.6 Å². The molecule has 4 rings (SSSR count). The molecule has 2 aromatic rings. The molecule has 2 aliphatic rings. The van der Waals surface area contributed by atoms with Crippen LogP contribution in [-0.2, 0) is 22.4 Å². The molecule has 4 heteroatoms. The Labute approximate surface area is 222 Å². The van der Waals surface area contributed by atoms with Crippen molar-refractivity contribution in [3.8, 4) is 0 Å². The lowest BCUT2D eigenvalue weighted by atomic mass is 9.72. The molecule has 4 N–H and O–H groups in total. The van der Waals surface area contributed by atoms with Gasteiger partial charge in [-0.15, -0.1) is 0 Å². The standard InChI is InChI=1S/C33H42N2O2/c1-18-7-26(15-24-11-20(3)30(34)21(4)12-24)32(36)28(9-18)17-29-10-19(2)8-27(33(29)37)16-25-13-22(5)31(35)23(6)14-25/h7,10-14,18-19,27-28H,8-9,15-17,34-35H2,1-6H3. The van der Waals surface area contributed by atoms with E-state index in [2.05, 4.69) is 50.3 Å². The molecular weight excluding hydrogens is 456 g/mol. The van der Waals surface area contributed by atoms with E-state index in [-0.39, 0.29) is 23.4 Å². The van der Waals surface area contributed by atoms with Gasteiger partial charge < -0.3 is 11.5 Å². The van der Waals surface area contributed by atoms with E-state index >= 15 is 0 Å². The van der Waals surface area contributed by atoms with Crippen molar-refractivity contribution in [1.82, 2.24) is 0 Å². The summed E-state index contributed by atoms with van der Waals surface area (Å²) < 4.78 is 0. The molecule has 4 atom stereocenters. The van der Waals surface area contributed by atoms with Crippen LogP contribution in [0.2, 0.25) is 0 Å². The molecule has 2 aliphatic carbocycles. The number of anilines is 2. The number of Topliss-reactive ketones (excluding diaryl/α,β-unsaturated/α-hetero) is 2. The molecule has 4 nitrogen and oxygen atoms in total. The van der Waals surface area contributed by atoms with Crippen molar-refractivity contribution in [2.24, 2.45) is 23.7 Å². The SMILES string of the molecule is Cc1cc(CC2=CC(C)CC(CC3=CC(C)CC(Cc4cc(C)c(N)c(C)c4)C3=O)C2=O)cc(C)c1N. The maximum atomic E-state index is 13.6. The zero-order valence-electron chi connectivity index (χ0n) is 23.3. The quantitative estimate of drug-likeness (QED) is 0.441. The van der Waals surface area contributed by atoms with Crippen molar-refractivity contribution in [3.63, 3.8) is 0 Å². The second-order valence-corrected chi connectivity index (χ2v) is 11.8. The molecule has 0 saturated heterocycles. The van der Waals surface area contributed by atoms with E-state index in [4.69, 9.17) is 11.5 Å². The number of allylic oxidation sites excluding steroid dienone is 4. The maximum absolute atomic E-state index is 13.6. The lowest BCUT2D eigenvalue weighted by Crippen LogP contribution is -2.30. The summed E-state index contributed by atoms with van der Waals surface area (Å²) in [5.41, 5.74) is 22.1. The van der Waals surface area contributed by atoms with Crippen LogP contribution < -0.4 is 11.5 Å². The highest BCUT2D eigenvalue weighted by Gasteiger charge is 2.34. The van der Waals surface area contributed by atoms with Gasteiger partial charge in [-0.05, 0) is 110 Å². The second kappa shape index (κ2) is 10.7. The van der Waals surface area contributed by atoms with Crippen LogP contribution in [0.3, 0.4) is 0 Å². The van der Waals surface area contributed by atoms with Gasteiger partial charge in [-0.3, -0.25) is 9.59 Å². The summed E-state index contributed by atoms with van der Waals surface area (Å²) in [5, 5.41) is 0. The number of aryl methyl sites for hydroxylation is 4. The first-order chi connectivity index (χ1) is 17.4. The Morgan fingerprint density at radius 3 is 1.57 bits per heavy atom. The van der Waals surface area contributed by atoms with Gasteiger partial charge in [-0.2, -0.15) is 0 Å². The van der Waals surface area contributed by atoms with E-state index in [0.29, 0.717) is 24.7 Å². The monoisotopic (exact) mass is 498 g/mol. The molecule has 37 heavy (non-hydrogen) atoms. The molecule has 0 aliphatic heterocycles. The van der Waals surface area contributed by atoms with E-state index in [1.165, 1.54) is 0 Å². The van der Waals surface area contributed by atoms with Gasteiger partial charge in [0.2, 0.25) is 0 Å².